The van der Waals surface area contributed by atoms with Crippen molar-refractivity contribution >= 4 is 17.4 Å². The first-order valence-electron chi connectivity index (χ1n) is 7.73. The third-order valence-electron chi connectivity index (χ3n) is 3.54. The van der Waals surface area contributed by atoms with E-state index in [0.29, 0.717) is 30.4 Å². The predicted molar refractivity (Wildman–Crippen MR) is 93.7 cm³/mol. The van der Waals surface area contributed by atoms with Crippen molar-refractivity contribution in [3.8, 4) is 5.75 Å². The van der Waals surface area contributed by atoms with Gasteiger partial charge in [-0.1, -0.05) is 23.7 Å². The molecule has 1 aromatic carbocycles. The van der Waals surface area contributed by atoms with Crippen LogP contribution < -0.4 is 10.1 Å². The molecule has 2 rings (SSSR count). The molecule has 1 unspecified atom stereocenters. The highest BCUT2D eigenvalue weighted by Crippen LogP contribution is 2.21. The summed E-state index contributed by atoms with van der Waals surface area (Å²) in [6.07, 6.45) is 1.15. The Labute approximate surface area is 146 Å². The molecule has 1 aromatic heterocycles. The fourth-order valence-corrected chi connectivity index (χ4v) is 2.41. The van der Waals surface area contributed by atoms with E-state index in [1.807, 2.05) is 32.0 Å². The molecular formula is C17H22ClN3O3. The summed E-state index contributed by atoms with van der Waals surface area (Å²) in [6, 6.07) is 5.71. The SMILES string of the molecule is Cc1cc(CC(O)CO)ccc1OCCNc1ncnc(C)c1Cl. The van der Waals surface area contributed by atoms with Crippen LogP contribution in [0.4, 0.5) is 5.82 Å². The number of aryl methyl sites for hydroxylation is 2. The van der Waals surface area contributed by atoms with Gasteiger partial charge in [-0.2, -0.15) is 0 Å². The predicted octanol–water partition coefficient (Wildman–Crippen LogP) is 2.13. The van der Waals surface area contributed by atoms with E-state index in [9.17, 15) is 5.11 Å². The molecule has 1 atom stereocenters. The maximum absolute atomic E-state index is 9.48. The Hall–Kier alpha value is -1.89. The topological polar surface area (TPSA) is 87.5 Å². The number of aliphatic hydroxyl groups excluding tert-OH is 2. The van der Waals surface area contributed by atoms with Gasteiger partial charge in [0, 0.05) is 6.42 Å². The van der Waals surface area contributed by atoms with E-state index >= 15 is 0 Å². The van der Waals surface area contributed by atoms with Crippen LogP contribution in [-0.4, -0.2) is 46.0 Å². The number of rotatable bonds is 8. The quantitative estimate of drug-likeness (QED) is 0.631. The van der Waals surface area contributed by atoms with E-state index in [-0.39, 0.29) is 6.61 Å². The first kappa shape index (κ1) is 18.4. The van der Waals surface area contributed by atoms with Gasteiger partial charge in [0.15, 0.2) is 0 Å². The van der Waals surface area contributed by atoms with Crippen molar-refractivity contribution in [1.29, 1.82) is 0 Å². The lowest BCUT2D eigenvalue weighted by molar-refractivity contribution is 0.0955. The number of ether oxygens (including phenoxy) is 1. The van der Waals surface area contributed by atoms with Gasteiger partial charge in [0.1, 0.15) is 29.5 Å². The van der Waals surface area contributed by atoms with Crippen LogP contribution >= 0.6 is 11.6 Å². The Kier molecular flexibility index (Phi) is 6.78. The highest BCUT2D eigenvalue weighted by Gasteiger charge is 2.07. The molecule has 0 fully saturated rings. The molecule has 3 N–H and O–H groups in total. The lowest BCUT2D eigenvalue weighted by Gasteiger charge is -2.13. The van der Waals surface area contributed by atoms with Crippen LogP contribution in [0.25, 0.3) is 0 Å². The molecule has 24 heavy (non-hydrogen) atoms. The monoisotopic (exact) mass is 351 g/mol. The molecule has 0 aliphatic carbocycles. The van der Waals surface area contributed by atoms with Crippen molar-refractivity contribution in [3.05, 3.63) is 46.4 Å². The number of benzene rings is 1. The Bertz CT molecular complexity index is 682. The summed E-state index contributed by atoms with van der Waals surface area (Å²) in [5, 5.41) is 22.0. The van der Waals surface area contributed by atoms with Gasteiger partial charge in [0.05, 0.1) is 24.9 Å². The number of hydrogen-bond donors (Lipinski definition) is 3. The summed E-state index contributed by atoms with van der Waals surface area (Å²) < 4.78 is 5.75. The van der Waals surface area contributed by atoms with Gasteiger partial charge in [0.2, 0.25) is 0 Å². The van der Waals surface area contributed by atoms with Crippen LogP contribution in [0, 0.1) is 13.8 Å². The minimum Gasteiger partial charge on any atom is -0.491 e. The maximum atomic E-state index is 9.48. The minimum absolute atomic E-state index is 0.242. The van der Waals surface area contributed by atoms with Crippen LogP contribution in [-0.2, 0) is 6.42 Å². The molecule has 7 heteroatoms. The van der Waals surface area contributed by atoms with Gasteiger partial charge in [-0.3, -0.25) is 0 Å². The molecule has 6 nitrogen and oxygen atoms in total. The number of nitrogens with one attached hydrogen (secondary N) is 1. The second-order valence-corrected chi connectivity index (χ2v) is 5.92. The number of anilines is 1. The first-order chi connectivity index (χ1) is 11.5. The summed E-state index contributed by atoms with van der Waals surface area (Å²) in [7, 11) is 0. The standard InChI is InChI=1S/C17H22ClN3O3/c1-11-7-13(8-14(23)9-22)3-4-15(11)24-6-5-19-17-16(18)12(2)20-10-21-17/h3-4,7,10,14,22-23H,5-6,8-9H2,1-2H3,(H,19,20,21). The third-order valence-corrected chi connectivity index (χ3v) is 3.99. The molecule has 0 amide bonds. The van der Waals surface area contributed by atoms with Gasteiger partial charge in [-0.25, -0.2) is 9.97 Å². The Morgan fingerprint density at radius 1 is 1.29 bits per heavy atom. The second-order valence-electron chi connectivity index (χ2n) is 5.54. The zero-order valence-corrected chi connectivity index (χ0v) is 14.5. The van der Waals surface area contributed by atoms with E-state index in [4.69, 9.17) is 21.4 Å². The van der Waals surface area contributed by atoms with E-state index < -0.39 is 6.10 Å². The molecule has 0 saturated heterocycles. The van der Waals surface area contributed by atoms with Gasteiger partial charge in [0.25, 0.3) is 0 Å². The first-order valence-corrected chi connectivity index (χ1v) is 8.11. The normalized spacial score (nSPS) is 12.0. The largest absolute Gasteiger partial charge is 0.491 e. The zero-order chi connectivity index (χ0) is 17.5. The molecule has 0 radical (unpaired) electrons. The highest BCUT2D eigenvalue weighted by molar-refractivity contribution is 6.33. The van der Waals surface area contributed by atoms with E-state index in [1.165, 1.54) is 6.33 Å². The molecule has 1 heterocycles. The van der Waals surface area contributed by atoms with Crippen molar-refractivity contribution in [3.63, 3.8) is 0 Å². The molecule has 0 saturated carbocycles. The van der Waals surface area contributed by atoms with Crippen molar-refractivity contribution < 1.29 is 14.9 Å². The fourth-order valence-electron chi connectivity index (χ4n) is 2.25. The number of hydrogen-bond acceptors (Lipinski definition) is 6. The van der Waals surface area contributed by atoms with E-state index in [0.717, 1.165) is 22.6 Å². The summed E-state index contributed by atoms with van der Waals surface area (Å²) in [5.41, 5.74) is 2.67. The average Bonchev–Trinajstić information content (AvgIpc) is 2.56. The van der Waals surface area contributed by atoms with Gasteiger partial charge in [-0.05, 0) is 31.0 Å². The summed E-state index contributed by atoms with van der Waals surface area (Å²) in [6.45, 7) is 4.54. The number of halogens is 1. The Morgan fingerprint density at radius 2 is 2.08 bits per heavy atom. The third kappa shape index (κ3) is 5.06. The van der Waals surface area contributed by atoms with Crippen LogP contribution in [0.15, 0.2) is 24.5 Å². The van der Waals surface area contributed by atoms with E-state index in [2.05, 4.69) is 15.3 Å². The lowest BCUT2D eigenvalue weighted by Crippen LogP contribution is -2.15. The van der Waals surface area contributed by atoms with Crippen molar-refractivity contribution in [1.82, 2.24) is 9.97 Å². The van der Waals surface area contributed by atoms with Crippen LogP contribution in [0.5, 0.6) is 5.75 Å². The van der Waals surface area contributed by atoms with Crippen molar-refractivity contribution in [2.45, 2.75) is 26.4 Å². The number of aromatic nitrogens is 2. The van der Waals surface area contributed by atoms with Gasteiger partial charge < -0.3 is 20.3 Å². The molecule has 0 spiro atoms. The van der Waals surface area contributed by atoms with Gasteiger partial charge >= 0.3 is 0 Å². The smallest absolute Gasteiger partial charge is 0.148 e. The molecular weight excluding hydrogens is 330 g/mol. The van der Waals surface area contributed by atoms with Crippen LogP contribution in [0.2, 0.25) is 5.02 Å². The summed E-state index contributed by atoms with van der Waals surface area (Å²) >= 11 is 6.12. The molecule has 0 aliphatic rings. The number of aliphatic hydroxyl groups is 2. The molecule has 130 valence electrons. The van der Waals surface area contributed by atoms with Crippen molar-refractivity contribution in [2.75, 3.05) is 25.1 Å². The maximum Gasteiger partial charge on any atom is 0.148 e. The van der Waals surface area contributed by atoms with Crippen molar-refractivity contribution in [2.24, 2.45) is 0 Å². The summed E-state index contributed by atoms with van der Waals surface area (Å²) in [4.78, 5) is 8.11. The lowest BCUT2D eigenvalue weighted by atomic mass is 10.1. The fraction of sp³-hybridized carbons (Fsp3) is 0.412. The zero-order valence-electron chi connectivity index (χ0n) is 13.8. The molecule has 2 aromatic rings. The molecule has 0 aliphatic heterocycles. The second kappa shape index (κ2) is 8.82. The molecule has 0 bridgehead atoms. The Balaban J connectivity index is 1.85. The minimum atomic E-state index is -0.735. The Morgan fingerprint density at radius 3 is 2.79 bits per heavy atom. The van der Waals surface area contributed by atoms with Crippen LogP contribution in [0.3, 0.4) is 0 Å². The average molecular weight is 352 g/mol. The van der Waals surface area contributed by atoms with Crippen LogP contribution in [0.1, 0.15) is 16.8 Å². The van der Waals surface area contributed by atoms with E-state index in [1.54, 1.807) is 0 Å². The number of nitrogens with zero attached hydrogens (tertiary/aromatic N) is 2. The summed E-state index contributed by atoms with van der Waals surface area (Å²) in [5.74, 6) is 1.38. The highest BCUT2D eigenvalue weighted by atomic mass is 35.5. The van der Waals surface area contributed by atoms with Gasteiger partial charge in [-0.15, -0.1) is 0 Å².